The minimum Gasteiger partial charge on any atom is -0.352 e. The third-order valence-corrected chi connectivity index (χ3v) is 5.67. The van der Waals surface area contributed by atoms with Crippen LogP contribution >= 0.6 is 0 Å². The van der Waals surface area contributed by atoms with E-state index in [-0.39, 0.29) is 23.5 Å². The molecule has 1 saturated heterocycles. The molecule has 0 aromatic heterocycles. The van der Waals surface area contributed by atoms with E-state index in [1.165, 1.54) is 11.1 Å². The fraction of sp³-hybridized carbons (Fsp3) is 0.533. The highest BCUT2D eigenvalue weighted by molar-refractivity contribution is 7.91. The summed E-state index contributed by atoms with van der Waals surface area (Å²) in [6.07, 6.45) is 0.837. The van der Waals surface area contributed by atoms with Crippen molar-refractivity contribution >= 4 is 15.7 Å². The molecule has 1 aromatic rings. The van der Waals surface area contributed by atoms with Gasteiger partial charge >= 0.3 is 0 Å². The molecule has 1 heterocycles. The number of aryl methyl sites for hydroxylation is 3. The predicted octanol–water partition coefficient (Wildman–Crippen LogP) is 1.46. The first-order valence-electron chi connectivity index (χ1n) is 6.83. The lowest BCUT2D eigenvalue weighted by molar-refractivity contribution is -0.121. The van der Waals surface area contributed by atoms with E-state index in [1.54, 1.807) is 0 Å². The smallest absolute Gasteiger partial charge is 0.224 e. The van der Waals surface area contributed by atoms with Crippen molar-refractivity contribution in [1.29, 1.82) is 0 Å². The van der Waals surface area contributed by atoms with Gasteiger partial charge in [0.15, 0.2) is 9.84 Å². The Morgan fingerprint density at radius 2 is 1.85 bits per heavy atom. The van der Waals surface area contributed by atoms with Crippen LogP contribution in [0.25, 0.3) is 0 Å². The fourth-order valence-electron chi connectivity index (χ4n) is 2.57. The molecular formula is C15H21NO3S. The Balaban J connectivity index is 2.00. The lowest BCUT2D eigenvalue weighted by Gasteiger charge is -2.13. The van der Waals surface area contributed by atoms with Gasteiger partial charge in [0.05, 0.1) is 17.9 Å². The zero-order chi connectivity index (χ0) is 14.9. The van der Waals surface area contributed by atoms with E-state index in [1.807, 2.05) is 19.9 Å². The Morgan fingerprint density at radius 3 is 2.45 bits per heavy atom. The van der Waals surface area contributed by atoms with Crippen molar-refractivity contribution in [2.75, 3.05) is 11.5 Å². The summed E-state index contributed by atoms with van der Waals surface area (Å²) in [5.41, 5.74) is 4.49. The minimum atomic E-state index is -2.95. The minimum absolute atomic E-state index is 0.0741. The first-order valence-corrected chi connectivity index (χ1v) is 8.65. The lowest BCUT2D eigenvalue weighted by Crippen LogP contribution is -2.36. The van der Waals surface area contributed by atoms with Crippen molar-refractivity contribution in [2.45, 2.75) is 39.7 Å². The van der Waals surface area contributed by atoms with Crippen LogP contribution in [0, 0.1) is 20.8 Å². The standard InChI is InChI=1S/C15H21NO3S/c1-10-6-12(3)13(7-11(10)2)8-15(17)16-14-4-5-20(18,19)9-14/h6-7,14H,4-5,8-9H2,1-3H3,(H,16,17). The molecule has 0 aliphatic carbocycles. The number of rotatable bonds is 3. The highest BCUT2D eigenvalue weighted by Gasteiger charge is 2.28. The van der Waals surface area contributed by atoms with E-state index in [0.29, 0.717) is 12.8 Å². The monoisotopic (exact) mass is 295 g/mol. The first kappa shape index (κ1) is 15.0. The van der Waals surface area contributed by atoms with Gasteiger partial charge in [-0.15, -0.1) is 0 Å². The van der Waals surface area contributed by atoms with E-state index in [4.69, 9.17) is 0 Å². The van der Waals surface area contributed by atoms with Crippen LogP contribution in [-0.2, 0) is 21.1 Å². The van der Waals surface area contributed by atoms with Crippen molar-refractivity contribution in [3.8, 4) is 0 Å². The van der Waals surface area contributed by atoms with Crippen LogP contribution in [0.2, 0.25) is 0 Å². The second kappa shape index (κ2) is 5.56. The maximum Gasteiger partial charge on any atom is 0.224 e. The van der Waals surface area contributed by atoms with Gasteiger partial charge in [-0.2, -0.15) is 0 Å². The second-order valence-electron chi connectivity index (χ2n) is 5.71. The zero-order valence-electron chi connectivity index (χ0n) is 12.2. The molecule has 0 saturated carbocycles. The number of hydrogen-bond acceptors (Lipinski definition) is 3. The Morgan fingerprint density at radius 1 is 1.20 bits per heavy atom. The first-order chi connectivity index (χ1) is 9.27. The number of nitrogens with one attached hydrogen (secondary N) is 1. The van der Waals surface area contributed by atoms with E-state index in [2.05, 4.69) is 18.3 Å². The summed E-state index contributed by atoms with van der Waals surface area (Å²) in [5, 5.41) is 2.83. The highest BCUT2D eigenvalue weighted by Crippen LogP contribution is 2.16. The molecule has 1 unspecified atom stereocenters. The Kier molecular flexibility index (Phi) is 4.18. The number of benzene rings is 1. The molecule has 2 rings (SSSR count). The summed E-state index contributed by atoms with van der Waals surface area (Å²) in [7, 11) is -2.95. The number of sulfone groups is 1. The average Bonchev–Trinajstić information content (AvgIpc) is 2.65. The van der Waals surface area contributed by atoms with E-state index in [9.17, 15) is 13.2 Å². The predicted molar refractivity (Wildman–Crippen MR) is 79.6 cm³/mol. The van der Waals surface area contributed by atoms with Gasteiger partial charge < -0.3 is 5.32 Å². The number of carbonyl (C=O) groups excluding carboxylic acids is 1. The van der Waals surface area contributed by atoms with Crippen LogP contribution in [0.15, 0.2) is 12.1 Å². The van der Waals surface area contributed by atoms with Crippen molar-refractivity contribution in [1.82, 2.24) is 5.32 Å². The summed E-state index contributed by atoms with van der Waals surface area (Å²) >= 11 is 0. The normalized spacial score (nSPS) is 20.9. The van der Waals surface area contributed by atoms with Crippen LogP contribution in [0.5, 0.6) is 0 Å². The number of carbonyl (C=O) groups is 1. The second-order valence-corrected chi connectivity index (χ2v) is 7.94. The molecule has 5 heteroatoms. The molecule has 20 heavy (non-hydrogen) atoms. The topological polar surface area (TPSA) is 63.2 Å². The van der Waals surface area contributed by atoms with E-state index >= 15 is 0 Å². The van der Waals surface area contributed by atoms with Gasteiger partial charge in [-0.25, -0.2) is 8.42 Å². The van der Waals surface area contributed by atoms with Gasteiger partial charge in [-0.05, 0) is 49.4 Å². The molecule has 0 spiro atoms. The molecule has 1 aliphatic rings. The van der Waals surface area contributed by atoms with Crippen molar-refractivity contribution in [3.05, 3.63) is 34.4 Å². The Hall–Kier alpha value is -1.36. The quantitative estimate of drug-likeness (QED) is 0.918. The maximum atomic E-state index is 12.0. The highest BCUT2D eigenvalue weighted by atomic mass is 32.2. The van der Waals surface area contributed by atoms with Crippen LogP contribution in [-0.4, -0.2) is 31.9 Å². The summed E-state index contributed by atoms with van der Waals surface area (Å²) in [4.78, 5) is 12.0. The largest absolute Gasteiger partial charge is 0.352 e. The molecule has 1 fully saturated rings. The molecule has 1 N–H and O–H groups in total. The van der Waals surface area contributed by atoms with Crippen molar-refractivity contribution < 1.29 is 13.2 Å². The van der Waals surface area contributed by atoms with Crippen molar-refractivity contribution in [2.24, 2.45) is 0 Å². The zero-order valence-corrected chi connectivity index (χ0v) is 13.0. The van der Waals surface area contributed by atoms with Crippen LogP contribution in [0.1, 0.15) is 28.7 Å². The third-order valence-electron chi connectivity index (χ3n) is 3.90. The molecule has 1 amide bonds. The molecule has 1 aromatic carbocycles. The van der Waals surface area contributed by atoms with Crippen molar-refractivity contribution in [3.63, 3.8) is 0 Å². The lowest BCUT2D eigenvalue weighted by atomic mass is 9.98. The van der Waals surface area contributed by atoms with Gasteiger partial charge in [0.2, 0.25) is 5.91 Å². The molecule has 1 aliphatic heterocycles. The van der Waals surface area contributed by atoms with Crippen LogP contribution in [0.3, 0.4) is 0 Å². The van der Waals surface area contributed by atoms with Gasteiger partial charge in [0.25, 0.3) is 0 Å². The summed E-state index contributed by atoms with van der Waals surface area (Å²) in [5.74, 6) is 0.157. The Bertz CT molecular complexity index is 635. The molecule has 0 bridgehead atoms. The van der Waals surface area contributed by atoms with Crippen LogP contribution in [0.4, 0.5) is 0 Å². The van der Waals surface area contributed by atoms with Gasteiger partial charge in [0.1, 0.15) is 0 Å². The molecule has 0 radical (unpaired) electrons. The van der Waals surface area contributed by atoms with E-state index in [0.717, 1.165) is 11.1 Å². The molecule has 110 valence electrons. The van der Waals surface area contributed by atoms with Gasteiger partial charge in [0, 0.05) is 6.04 Å². The molecule has 1 atom stereocenters. The average molecular weight is 295 g/mol. The van der Waals surface area contributed by atoms with Crippen LogP contribution < -0.4 is 5.32 Å². The Labute approximate surface area is 120 Å². The van der Waals surface area contributed by atoms with Gasteiger partial charge in [-0.3, -0.25) is 4.79 Å². The maximum absolute atomic E-state index is 12.0. The third kappa shape index (κ3) is 3.60. The van der Waals surface area contributed by atoms with Gasteiger partial charge in [-0.1, -0.05) is 12.1 Å². The summed E-state index contributed by atoms with van der Waals surface area (Å²) in [6, 6.07) is 3.90. The fourth-order valence-corrected chi connectivity index (χ4v) is 4.24. The number of hydrogen-bond donors (Lipinski definition) is 1. The summed E-state index contributed by atoms with van der Waals surface area (Å²) < 4.78 is 22.7. The summed E-state index contributed by atoms with van der Waals surface area (Å²) in [6.45, 7) is 6.07. The molecular weight excluding hydrogens is 274 g/mol. The number of amides is 1. The SMILES string of the molecule is Cc1cc(C)c(CC(=O)NC2CCS(=O)(=O)C2)cc1C. The van der Waals surface area contributed by atoms with E-state index < -0.39 is 9.84 Å². The molecule has 4 nitrogen and oxygen atoms in total.